The highest BCUT2D eigenvalue weighted by Crippen LogP contribution is 2.42. The van der Waals surface area contributed by atoms with E-state index in [2.05, 4.69) is 6.92 Å². The predicted molar refractivity (Wildman–Crippen MR) is 139 cm³/mol. The van der Waals surface area contributed by atoms with E-state index in [1.54, 1.807) is 24.7 Å². The molecule has 0 N–H and O–H groups in total. The summed E-state index contributed by atoms with van der Waals surface area (Å²) in [5.41, 5.74) is 3.23. The Morgan fingerprint density at radius 1 is 1.08 bits per heavy atom. The van der Waals surface area contributed by atoms with Crippen LogP contribution in [0, 0.1) is 0 Å². The van der Waals surface area contributed by atoms with Gasteiger partial charge in [0.2, 0.25) is 0 Å². The largest absolute Gasteiger partial charge is 0.497 e. The molecule has 0 saturated heterocycles. The second-order valence-electron chi connectivity index (χ2n) is 9.74. The van der Waals surface area contributed by atoms with E-state index in [9.17, 15) is 19.2 Å². The first-order valence-electron chi connectivity index (χ1n) is 12.8. The number of methoxy groups -OCH3 is 1. The van der Waals surface area contributed by atoms with E-state index in [0.717, 1.165) is 34.2 Å². The maximum atomic E-state index is 13.8. The zero-order chi connectivity index (χ0) is 27.2. The van der Waals surface area contributed by atoms with Crippen LogP contribution in [-0.2, 0) is 48.8 Å². The number of carbonyl (C=O) groups excluding carboxylic acids is 3. The Morgan fingerprint density at radius 3 is 2.55 bits per heavy atom. The second-order valence-corrected chi connectivity index (χ2v) is 9.74. The number of pyridine rings is 2. The van der Waals surface area contributed by atoms with Crippen molar-refractivity contribution in [3.05, 3.63) is 56.9 Å². The van der Waals surface area contributed by atoms with E-state index in [-0.39, 0.29) is 43.0 Å². The van der Waals surface area contributed by atoms with Crippen molar-refractivity contribution in [2.24, 2.45) is 0 Å². The normalized spacial score (nSPS) is 17.6. The Balaban J connectivity index is 1.65. The average molecular weight is 519 g/mol. The minimum Gasteiger partial charge on any atom is -0.497 e. The van der Waals surface area contributed by atoms with Gasteiger partial charge in [-0.1, -0.05) is 13.8 Å². The molecule has 1 atom stereocenters. The zero-order valence-corrected chi connectivity index (χ0v) is 22.0. The third-order valence-electron chi connectivity index (χ3n) is 7.52. The summed E-state index contributed by atoms with van der Waals surface area (Å²) in [6, 6.07) is 7.52. The molecule has 2 aromatic heterocycles. The molecule has 198 valence electrons. The lowest BCUT2D eigenvalue weighted by atomic mass is 9.76. The van der Waals surface area contributed by atoms with Crippen LogP contribution in [0.4, 0.5) is 0 Å². The summed E-state index contributed by atoms with van der Waals surface area (Å²) >= 11 is 0. The topological polar surface area (TPSA) is 114 Å². The van der Waals surface area contributed by atoms with Gasteiger partial charge in [-0.2, -0.15) is 0 Å². The maximum Gasteiger partial charge on any atom is 0.333 e. The summed E-state index contributed by atoms with van der Waals surface area (Å²) in [4.78, 5) is 55.9. The number of fused-ring (bicyclic) bond motifs is 5. The van der Waals surface area contributed by atoms with Crippen LogP contribution in [0.3, 0.4) is 0 Å². The fourth-order valence-electron chi connectivity index (χ4n) is 5.73. The minimum atomic E-state index is -1.60. The van der Waals surface area contributed by atoms with Gasteiger partial charge in [0.05, 0.1) is 30.6 Å². The third-order valence-corrected chi connectivity index (χ3v) is 7.52. The Morgan fingerprint density at radius 2 is 1.87 bits per heavy atom. The van der Waals surface area contributed by atoms with Gasteiger partial charge in [0, 0.05) is 28.5 Å². The molecule has 2 aliphatic rings. The molecule has 1 aliphatic heterocycles. The Kier molecular flexibility index (Phi) is 6.65. The number of ketones is 2. The number of benzene rings is 1. The number of carbonyl (C=O) groups is 3. The van der Waals surface area contributed by atoms with Crippen LogP contribution in [0.2, 0.25) is 0 Å². The van der Waals surface area contributed by atoms with E-state index in [1.807, 2.05) is 18.2 Å². The molecule has 1 aliphatic carbocycles. The second kappa shape index (κ2) is 9.79. The van der Waals surface area contributed by atoms with Crippen LogP contribution < -0.4 is 10.3 Å². The first-order chi connectivity index (χ1) is 18.2. The highest BCUT2D eigenvalue weighted by Gasteiger charge is 2.48. The maximum absolute atomic E-state index is 13.8. The molecule has 38 heavy (non-hydrogen) atoms. The van der Waals surface area contributed by atoms with Crippen LogP contribution >= 0.6 is 0 Å². The molecule has 0 bridgehead atoms. The molecule has 9 heteroatoms. The Labute approximate surface area is 219 Å². The van der Waals surface area contributed by atoms with Crippen LogP contribution in [0.1, 0.15) is 55.9 Å². The third kappa shape index (κ3) is 4.01. The van der Waals surface area contributed by atoms with Crippen molar-refractivity contribution < 1.29 is 28.6 Å². The smallest absolute Gasteiger partial charge is 0.333 e. The SMILES string of the molecule is CCc1c2c(nc3ccc(OC)cc13)-c1cc3c(c(=O)n1C2)CCC(=O)[C@@]3(CC)OC(=O)COCC(C)=O. The lowest BCUT2D eigenvalue weighted by molar-refractivity contribution is -0.174. The summed E-state index contributed by atoms with van der Waals surface area (Å²) in [5, 5.41) is 0.980. The van der Waals surface area contributed by atoms with Crippen molar-refractivity contribution in [2.75, 3.05) is 20.3 Å². The van der Waals surface area contributed by atoms with Gasteiger partial charge in [0.1, 0.15) is 19.0 Å². The van der Waals surface area contributed by atoms with Crippen LogP contribution in [0.25, 0.3) is 22.3 Å². The van der Waals surface area contributed by atoms with Crippen LogP contribution in [0.5, 0.6) is 5.75 Å². The lowest BCUT2D eigenvalue weighted by Gasteiger charge is -2.36. The molecule has 1 aromatic carbocycles. The Bertz CT molecular complexity index is 1550. The zero-order valence-electron chi connectivity index (χ0n) is 22.0. The van der Waals surface area contributed by atoms with Crippen molar-refractivity contribution >= 4 is 28.4 Å². The minimum absolute atomic E-state index is 0.0894. The number of ether oxygens (including phenoxy) is 3. The van der Waals surface area contributed by atoms with Crippen molar-refractivity contribution in [1.82, 2.24) is 9.55 Å². The van der Waals surface area contributed by atoms with Crippen molar-refractivity contribution in [3.8, 4) is 17.1 Å². The molecule has 0 fully saturated rings. The summed E-state index contributed by atoms with van der Waals surface area (Å²) in [7, 11) is 1.62. The summed E-state index contributed by atoms with van der Waals surface area (Å²) in [5.74, 6) is -0.517. The lowest BCUT2D eigenvalue weighted by Crippen LogP contribution is -2.47. The molecular weight excluding hydrogens is 488 g/mol. The van der Waals surface area contributed by atoms with Gasteiger partial charge in [-0.3, -0.25) is 14.4 Å². The number of aromatic nitrogens is 2. The number of rotatable bonds is 8. The van der Waals surface area contributed by atoms with E-state index in [4.69, 9.17) is 19.2 Å². The molecule has 3 aromatic rings. The fourth-order valence-corrected chi connectivity index (χ4v) is 5.73. The van der Waals surface area contributed by atoms with Crippen LogP contribution in [0.15, 0.2) is 29.1 Å². The number of nitrogens with zero attached hydrogens (tertiary/aromatic N) is 2. The first kappa shape index (κ1) is 25.8. The van der Waals surface area contributed by atoms with Crippen molar-refractivity contribution in [3.63, 3.8) is 0 Å². The summed E-state index contributed by atoms with van der Waals surface area (Å²) in [6.45, 7) is 4.86. The van der Waals surface area contributed by atoms with Gasteiger partial charge in [0.15, 0.2) is 17.2 Å². The number of aryl methyl sites for hydroxylation is 1. The molecule has 5 rings (SSSR count). The fraction of sp³-hybridized carbons (Fsp3) is 0.414. The quantitative estimate of drug-likeness (QED) is 0.327. The number of hydrogen-bond acceptors (Lipinski definition) is 8. The molecule has 0 radical (unpaired) electrons. The van der Waals surface area contributed by atoms with E-state index in [0.29, 0.717) is 29.1 Å². The first-order valence-corrected chi connectivity index (χ1v) is 12.8. The molecular formula is C29H30N2O7. The molecule has 9 nitrogen and oxygen atoms in total. The predicted octanol–water partition coefficient (Wildman–Crippen LogP) is 3.27. The Hall–Kier alpha value is -3.85. The molecule has 0 unspecified atom stereocenters. The molecule has 0 spiro atoms. The van der Waals surface area contributed by atoms with Crippen molar-refractivity contribution in [1.29, 1.82) is 0 Å². The van der Waals surface area contributed by atoms with Gasteiger partial charge in [-0.05, 0) is 56.0 Å². The summed E-state index contributed by atoms with van der Waals surface area (Å²) < 4.78 is 18.0. The highest BCUT2D eigenvalue weighted by atomic mass is 16.6. The van der Waals surface area contributed by atoms with Crippen LogP contribution in [-0.4, -0.2) is 47.4 Å². The number of hydrogen-bond donors (Lipinski definition) is 0. The van der Waals surface area contributed by atoms with E-state index < -0.39 is 18.2 Å². The number of Topliss-reactive ketones (excluding diaryl/α,β-unsaturated/α-hetero) is 2. The standard InChI is InChI=1S/C29H30N2O7/c1-5-18-20-11-17(36-4)7-9-23(20)30-27-21(18)13-31-24(27)12-22-19(28(31)35)8-10-25(33)29(22,6-2)38-26(34)15-37-14-16(3)32/h7,9,11-12H,5-6,8,10,13-15H2,1-4H3/t29-/m0/s1. The van der Waals surface area contributed by atoms with Gasteiger partial charge < -0.3 is 18.8 Å². The van der Waals surface area contributed by atoms with Crippen molar-refractivity contribution in [2.45, 2.75) is 58.6 Å². The highest BCUT2D eigenvalue weighted by molar-refractivity contribution is 5.94. The summed E-state index contributed by atoms with van der Waals surface area (Å²) in [6.07, 6.45) is 1.27. The van der Waals surface area contributed by atoms with Gasteiger partial charge >= 0.3 is 5.97 Å². The van der Waals surface area contributed by atoms with E-state index in [1.165, 1.54) is 6.92 Å². The van der Waals surface area contributed by atoms with Gasteiger partial charge in [-0.25, -0.2) is 9.78 Å². The molecule has 3 heterocycles. The number of esters is 1. The molecule has 0 saturated carbocycles. The van der Waals surface area contributed by atoms with Gasteiger partial charge in [0.25, 0.3) is 5.56 Å². The van der Waals surface area contributed by atoms with Gasteiger partial charge in [-0.15, -0.1) is 0 Å². The molecule has 0 amide bonds. The van der Waals surface area contributed by atoms with E-state index >= 15 is 0 Å². The average Bonchev–Trinajstić information content (AvgIpc) is 3.27. The monoisotopic (exact) mass is 518 g/mol.